The quantitative estimate of drug-likeness (QED) is 0.654. The lowest BCUT2D eigenvalue weighted by atomic mass is 10.2. The normalized spacial score (nSPS) is 10.6. The number of benzene rings is 1. The molecule has 0 saturated heterocycles. The summed E-state index contributed by atoms with van der Waals surface area (Å²) in [6.45, 7) is 2.95. The highest BCUT2D eigenvalue weighted by Crippen LogP contribution is 2.23. The summed E-state index contributed by atoms with van der Waals surface area (Å²) >= 11 is 1.60. The van der Waals surface area contributed by atoms with Crippen molar-refractivity contribution < 1.29 is 0 Å². The van der Waals surface area contributed by atoms with E-state index in [1.54, 1.807) is 11.8 Å². The van der Waals surface area contributed by atoms with Gasteiger partial charge in [-0.3, -0.25) is 0 Å². The van der Waals surface area contributed by atoms with Crippen LogP contribution in [0.3, 0.4) is 0 Å². The number of nitrogens with two attached hydrogens (primary N) is 1. The average molecular weight is 234 g/mol. The number of nitrogens with zero attached hydrogens (tertiary/aromatic N) is 3. The van der Waals surface area contributed by atoms with E-state index >= 15 is 0 Å². The van der Waals surface area contributed by atoms with Crippen LogP contribution < -0.4 is 5.73 Å². The molecule has 5 heteroatoms. The minimum atomic E-state index is 0.761. The highest BCUT2D eigenvalue weighted by molar-refractivity contribution is 7.98. The molecule has 0 aliphatic carbocycles. The van der Waals surface area contributed by atoms with Gasteiger partial charge in [-0.15, -0.1) is 10.2 Å². The van der Waals surface area contributed by atoms with Gasteiger partial charge in [-0.25, -0.2) is 0 Å². The van der Waals surface area contributed by atoms with Crippen LogP contribution in [0.25, 0.3) is 11.4 Å². The van der Waals surface area contributed by atoms with Crippen LogP contribution in [0.5, 0.6) is 0 Å². The van der Waals surface area contributed by atoms with Crippen LogP contribution in [0.15, 0.2) is 29.4 Å². The van der Waals surface area contributed by atoms with Crippen molar-refractivity contribution >= 4 is 17.4 Å². The van der Waals surface area contributed by atoms with Crippen molar-refractivity contribution in [1.29, 1.82) is 0 Å². The molecule has 2 N–H and O–H groups in total. The van der Waals surface area contributed by atoms with Crippen molar-refractivity contribution in [2.75, 3.05) is 12.0 Å². The summed E-state index contributed by atoms with van der Waals surface area (Å²) in [5, 5.41) is 9.30. The first-order valence-corrected chi connectivity index (χ1v) is 6.31. The molecule has 0 unspecified atom stereocenters. The van der Waals surface area contributed by atoms with Gasteiger partial charge in [-0.2, -0.15) is 0 Å². The lowest BCUT2D eigenvalue weighted by Crippen LogP contribution is -1.99. The smallest absolute Gasteiger partial charge is 0.191 e. The third kappa shape index (κ3) is 1.90. The zero-order chi connectivity index (χ0) is 11.5. The van der Waals surface area contributed by atoms with Gasteiger partial charge in [0.1, 0.15) is 0 Å². The average Bonchev–Trinajstić information content (AvgIpc) is 2.72. The summed E-state index contributed by atoms with van der Waals surface area (Å²) in [6.07, 6.45) is 2.00. The Balaban J connectivity index is 2.47. The summed E-state index contributed by atoms with van der Waals surface area (Å²) in [5.74, 6) is 0.895. The Morgan fingerprint density at radius 2 is 1.94 bits per heavy atom. The molecule has 2 rings (SSSR count). The number of aromatic nitrogens is 3. The first-order chi connectivity index (χ1) is 7.76. The Hall–Kier alpha value is -1.49. The number of hydrogen-bond donors (Lipinski definition) is 1. The van der Waals surface area contributed by atoms with Crippen LogP contribution in [-0.4, -0.2) is 21.0 Å². The molecule has 84 valence electrons. The van der Waals surface area contributed by atoms with E-state index in [4.69, 9.17) is 5.73 Å². The first kappa shape index (κ1) is 11.0. The van der Waals surface area contributed by atoms with Gasteiger partial charge in [0, 0.05) is 17.8 Å². The van der Waals surface area contributed by atoms with Crippen LogP contribution in [0.1, 0.15) is 6.92 Å². The summed E-state index contributed by atoms with van der Waals surface area (Å²) in [5.41, 5.74) is 7.47. The zero-order valence-corrected chi connectivity index (χ0v) is 10.2. The predicted molar refractivity (Wildman–Crippen MR) is 67.3 cm³/mol. The third-order valence-corrected chi connectivity index (χ3v) is 3.05. The van der Waals surface area contributed by atoms with E-state index in [1.165, 1.54) is 0 Å². The highest BCUT2D eigenvalue weighted by Gasteiger charge is 2.11. The molecule has 0 bridgehead atoms. The molecule has 2 aromatic rings. The molecule has 16 heavy (non-hydrogen) atoms. The molecule has 0 saturated carbocycles. The fourth-order valence-electron chi connectivity index (χ4n) is 1.57. The van der Waals surface area contributed by atoms with Crippen LogP contribution in [0.2, 0.25) is 0 Å². The van der Waals surface area contributed by atoms with Crippen LogP contribution in [0, 0.1) is 0 Å². The minimum absolute atomic E-state index is 0.761. The maximum atomic E-state index is 5.66. The van der Waals surface area contributed by atoms with Gasteiger partial charge >= 0.3 is 0 Å². The molecular formula is C11H14N4S. The molecule has 0 spiro atoms. The van der Waals surface area contributed by atoms with Crippen molar-refractivity contribution in [3.63, 3.8) is 0 Å². The van der Waals surface area contributed by atoms with Gasteiger partial charge in [0.15, 0.2) is 11.0 Å². The molecule has 4 nitrogen and oxygen atoms in total. The summed E-state index contributed by atoms with van der Waals surface area (Å²) < 4.78 is 2.09. The predicted octanol–water partition coefficient (Wildman–Crippen LogP) is 2.27. The standard InChI is InChI=1S/C11H14N4S/c1-3-15-10(13-14-11(15)16-2)8-4-6-9(12)7-5-8/h4-7H,3,12H2,1-2H3. The van der Waals surface area contributed by atoms with E-state index in [0.717, 1.165) is 28.8 Å². The minimum Gasteiger partial charge on any atom is -0.399 e. The maximum absolute atomic E-state index is 5.66. The summed E-state index contributed by atoms with van der Waals surface area (Å²) in [6, 6.07) is 7.69. The number of anilines is 1. The summed E-state index contributed by atoms with van der Waals surface area (Å²) in [4.78, 5) is 0. The first-order valence-electron chi connectivity index (χ1n) is 5.09. The molecule has 0 amide bonds. The second-order valence-electron chi connectivity index (χ2n) is 3.38. The van der Waals surface area contributed by atoms with Crippen molar-refractivity contribution in [3.05, 3.63) is 24.3 Å². The van der Waals surface area contributed by atoms with Crippen molar-refractivity contribution in [2.24, 2.45) is 0 Å². The van der Waals surface area contributed by atoms with E-state index in [0.29, 0.717) is 0 Å². The number of rotatable bonds is 3. The van der Waals surface area contributed by atoms with E-state index in [2.05, 4.69) is 21.7 Å². The SMILES string of the molecule is CCn1c(SC)nnc1-c1ccc(N)cc1. The molecule has 0 aliphatic rings. The molecule has 1 aromatic heterocycles. The Morgan fingerprint density at radius 1 is 1.25 bits per heavy atom. The summed E-state index contributed by atoms with van der Waals surface area (Å²) in [7, 11) is 0. The van der Waals surface area contributed by atoms with Gasteiger partial charge in [0.25, 0.3) is 0 Å². The van der Waals surface area contributed by atoms with Crippen molar-refractivity contribution in [1.82, 2.24) is 14.8 Å². The number of hydrogen-bond acceptors (Lipinski definition) is 4. The molecule has 0 fully saturated rings. The van der Waals surface area contributed by atoms with Crippen molar-refractivity contribution in [2.45, 2.75) is 18.6 Å². The van der Waals surface area contributed by atoms with Gasteiger partial charge in [-0.1, -0.05) is 11.8 Å². The van der Waals surface area contributed by atoms with E-state index in [9.17, 15) is 0 Å². The van der Waals surface area contributed by atoms with E-state index < -0.39 is 0 Å². The monoisotopic (exact) mass is 234 g/mol. The fraction of sp³-hybridized carbons (Fsp3) is 0.273. The second-order valence-corrected chi connectivity index (χ2v) is 4.15. The topological polar surface area (TPSA) is 56.7 Å². The number of thioether (sulfide) groups is 1. The van der Waals surface area contributed by atoms with E-state index in [1.807, 2.05) is 30.5 Å². The molecule has 0 atom stereocenters. The second kappa shape index (κ2) is 4.57. The highest BCUT2D eigenvalue weighted by atomic mass is 32.2. The molecule has 1 aromatic carbocycles. The molecule has 1 heterocycles. The van der Waals surface area contributed by atoms with Crippen LogP contribution in [-0.2, 0) is 6.54 Å². The Labute approximate surface area is 98.9 Å². The van der Waals surface area contributed by atoms with Gasteiger partial charge in [-0.05, 0) is 37.4 Å². The molecular weight excluding hydrogens is 220 g/mol. The number of nitrogen functional groups attached to an aromatic ring is 1. The Bertz CT molecular complexity index is 475. The zero-order valence-electron chi connectivity index (χ0n) is 9.34. The molecule has 0 aliphatic heterocycles. The molecule has 0 radical (unpaired) electrons. The lowest BCUT2D eigenvalue weighted by molar-refractivity contribution is 0.688. The van der Waals surface area contributed by atoms with Gasteiger partial charge in [0.05, 0.1) is 0 Å². The van der Waals surface area contributed by atoms with Crippen molar-refractivity contribution in [3.8, 4) is 11.4 Å². The lowest BCUT2D eigenvalue weighted by Gasteiger charge is -2.05. The van der Waals surface area contributed by atoms with Crippen LogP contribution in [0.4, 0.5) is 5.69 Å². The van der Waals surface area contributed by atoms with E-state index in [-0.39, 0.29) is 0 Å². The van der Waals surface area contributed by atoms with Crippen LogP contribution >= 0.6 is 11.8 Å². The van der Waals surface area contributed by atoms with Gasteiger partial charge < -0.3 is 10.3 Å². The maximum Gasteiger partial charge on any atom is 0.191 e. The Morgan fingerprint density at radius 3 is 2.50 bits per heavy atom. The third-order valence-electron chi connectivity index (χ3n) is 2.38. The van der Waals surface area contributed by atoms with Gasteiger partial charge in [0.2, 0.25) is 0 Å². The largest absolute Gasteiger partial charge is 0.399 e. The fourth-order valence-corrected chi connectivity index (χ4v) is 2.13. The Kier molecular flexibility index (Phi) is 3.14.